The number of halogens is 2. The van der Waals surface area contributed by atoms with Gasteiger partial charge in [-0.3, -0.25) is 14.2 Å². The fourth-order valence-electron chi connectivity index (χ4n) is 2.81. The van der Waals surface area contributed by atoms with E-state index in [4.69, 9.17) is 11.6 Å². The lowest BCUT2D eigenvalue weighted by atomic mass is 10.2. The van der Waals surface area contributed by atoms with Crippen molar-refractivity contribution < 1.29 is 9.18 Å². The van der Waals surface area contributed by atoms with Crippen LogP contribution in [0, 0.1) is 5.82 Å². The predicted molar refractivity (Wildman–Crippen MR) is 116 cm³/mol. The third kappa shape index (κ3) is 4.19. The van der Waals surface area contributed by atoms with E-state index in [-0.39, 0.29) is 22.5 Å². The molecule has 6 nitrogen and oxygen atoms in total. The quantitative estimate of drug-likeness (QED) is 0.370. The largest absolute Gasteiger partial charge is 0.310 e. The zero-order chi connectivity index (χ0) is 21.1. The van der Waals surface area contributed by atoms with Crippen LogP contribution in [-0.4, -0.2) is 26.2 Å². The monoisotopic (exact) mass is 440 g/mol. The van der Waals surface area contributed by atoms with Gasteiger partial charge in [-0.15, -0.1) is 0 Å². The summed E-state index contributed by atoms with van der Waals surface area (Å²) in [4.78, 5) is 33.9. The number of hydrogen-bond acceptors (Lipinski definition) is 5. The second-order valence-electron chi connectivity index (χ2n) is 6.20. The summed E-state index contributed by atoms with van der Waals surface area (Å²) in [5.41, 5.74) is 0.133. The molecule has 0 aliphatic carbocycles. The number of hydrogen-bond donors (Lipinski definition) is 1. The van der Waals surface area contributed by atoms with Crippen LogP contribution in [0.15, 0.2) is 76.8 Å². The van der Waals surface area contributed by atoms with Gasteiger partial charge in [-0.2, -0.15) is 0 Å². The SMILES string of the molecule is O=C(CSc1nc2ccccc2c(=O)n1-c1ccccc1F)Nc1ccc(Cl)cn1. The number of carbonyl (C=O) groups excluding carboxylic acids is 1. The van der Waals surface area contributed by atoms with Crippen molar-refractivity contribution in [3.63, 3.8) is 0 Å². The lowest BCUT2D eigenvalue weighted by Gasteiger charge is -2.13. The molecule has 1 N–H and O–H groups in total. The zero-order valence-corrected chi connectivity index (χ0v) is 17.0. The molecule has 9 heteroatoms. The highest BCUT2D eigenvalue weighted by Crippen LogP contribution is 2.23. The number of rotatable bonds is 5. The van der Waals surface area contributed by atoms with Crippen LogP contribution in [0.1, 0.15) is 0 Å². The molecule has 2 heterocycles. The summed E-state index contributed by atoms with van der Waals surface area (Å²) in [6.07, 6.45) is 1.42. The summed E-state index contributed by atoms with van der Waals surface area (Å²) in [6, 6.07) is 15.9. The van der Waals surface area contributed by atoms with Crippen molar-refractivity contribution in [1.29, 1.82) is 0 Å². The van der Waals surface area contributed by atoms with Gasteiger partial charge in [0.25, 0.3) is 5.56 Å². The minimum atomic E-state index is -0.562. The summed E-state index contributed by atoms with van der Waals surface area (Å²) in [6.45, 7) is 0. The highest BCUT2D eigenvalue weighted by molar-refractivity contribution is 7.99. The maximum Gasteiger partial charge on any atom is 0.266 e. The molecule has 0 spiro atoms. The summed E-state index contributed by atoms with van der Waals surface area (Å²) in [5.74, 6) is -0.614. The van der Waals surface area contributed by atoms with Crippen molar-refractivity contribution >= 4 is 46.0 Å². The van der Waals surface area contributed by atoms with Crippen LogP contribution in [0.3, 0.4) is 0 Å². The van der Waals surface area contributed by atoms with Crippen molar-refractivity contribution in [3.05, 3.63) is 88.1 Å². The average molecular weight is 441 g/mol. The van der Waals surface area contributed by atoms with E-state index in [1.165, 1.54) is 29.0 Å². The Labute approximate surface area is 179 Å². The van der Waals surface area contributed by atoms with E-state index in [0.717, 1.165) is 11.8 Å². The number of fused-ring (bicyclic) bond motifs is 1. The van der Waals surface area contributed by atoms with Gasteiger partial charge >= 0.3 is 0 Å². The van der Waals surface area contributed by atoms with Crippen LogP contribution in [0.25, 0.3) is 16.6 Å². The number of nitrogens with one attached hydrogen (secondary N) is 1. The minimum Gasteiger partial charge on any atom is -0.310 e. The second kappa shape index (κ2) is 8.64. The van der Waals surface area contributed by atoms with Gasteiger partial charge in [0.15, 0.2) is 5.16 Å². The molecule has 0 saturated heterocycles. The van der Waals surface area contributed by atoms with E-state index in [0.29, 0.717) is 21.7 Å². The highest BCUT2D eigenvalue weighted by Gasteiger charge is 2.17. The van der Waals surface area contributed by atoms with Crippen molar-refractivity contribution in [2.75, 3.05) is 11.1 Å². The molecule has 150 valence electrons. The number of anilines is 1. The first-order valence-corrected chi connectivity index (χ1v) is 10.2. The van der Waals surface area contributed by atoms with Crippen LogP contribution in [0.5, 0.6) is 0 Å². The number of amides is 1. The Kier molecular flexibility index (Phi) is 5.78. The Morgan fingerprint density at radius 2 is 1.87 bits per heavy atom. The number of pyridine rings is 1. The maximum atomic E-state index is 14.5. The van der Waals surface area contributed by atoms with Crippen molar-refractivity contribution in [1.82, 2.24) is 14.5 Å². The third-order valence-electron chi connectivity index (χ3n) is 4.17. The van der Waals surface area contributed by atoms with Crippen LogP contribution in [0.2, 0.25) is 5.02 Å². The fourth-order valence-corrected chi connectivity index (χ4v) is 3.73. The van der Waals surface area contributed by atoms with Gasteiger partial charge in [-0.25, -0.2) is 14.4 Å². The van der Waals surface area contributed by atoms with Crippen molar-refractivity contribution in [3.8, 4) is 5.69 Å². The molecule has 0 atom stereocenters. The number of para-hydroxylation sites is 2. The Morgan fingerprint density at radius 1 is 1.10 bits per heavy atom. The number of aromatic nitrogens is 3. The van der Waals surface area contributed by atoms with Gasteiger partial charge < -0.3 is 5.32 Å². The molecule has 0 aliphatic heterocycles. The van der Waals surface area contributed by atoms with Gasteiger partial charge in [0.2, 0.25) is 5.91 Å². The molecular formula is C21H14ClFN4O2S. The molecule has 4 aromatic rings. The van der Waals surface area contributed by atoms with Crippen LogP contribution >= 0.6 is 23.4 Å². The maximum absolute atomic E-state index is 14.5. The summed E-state index contributed by atoms with van der Waals surface area (Å²) < 4.78 is 15.6. The number of nitrogens with zero attached hydrogens (tertiary/aromatic N) is 3. The van der Waals surface area contributed by atoms with E-state index in [2.05, 4.69) is 15.3 Å². The Balaban J connectivity index is 1.68. The molecule has 0 bridgehead atoms. The number of benzene rings is 2. The molecule has 0 radical (unpaired) electrons. The molecule has 1 amide bonds. The number of thioether (sulfide) groups is 1. The first-order chi connectivity index (χ1) is 14.5. The van der Waals surface area contributed by atoms with E-state index >= 15 is 0 Å². The van der Waals surface area contributed by atoms with Gasteiger partial charge in [-0.1, -0.05) is 47.6 Å². The molecule has 4 rings (SSSR count). The molecule has 0 aliphatic rings. The van der Waals surface area contributed by atoms with Crippen LogP contribution < -0.4 is 10.9 Å². The highest BCUT2D eigenvalue weighted by atomic mass is 35.5. The van der Waals surface area contributed by atoms with E-state index in [1.807, 2.05) is 0 Å². The van der Waals surface area contributed by atoms with E-state index < -0.39 is 11.4 Å². The smallest absolute Gasteiger partial charge is 0.266 e. The zero-order valence-electron chi connectivity index (χ0n) is 15.4. The van der Waals surface area contributed by atoms with E-state index in [1.54, 1.807) is 42.5 Å². The first kappa shape index (κ1) is 20.1. The lowest BCUT2D eigenvalue weighted by molar-refractivity contribution is -0.113. The average Bonchev–Trinajstić information content (AvgIpc) is 2.75. The molecule has 2 aromatic carbocycles. The van der Waals surface area contributed by atoms with Crippen molar-refractivity contribution in [2.45, 2.75) is 5.16 Å². The van der Waals surface area contributed by atoms with Gasteiger partial charge in [0.1, 0.15) is 11.6 Å². The summed E-state index contributed by atoms with van der Waals surface area (Å²) >= 11 is 6.82. The Morgan fingerprint density at radius 3 is 2.63 bits per heavy atom. The minimum absolute atomic E-state index is 0.0520. The van der Waals surface area contributed by atoms with Crippen LogP contribution in [0.4, 0.5) is 10.2 Å². The first-order valence-electron chi connectivity index (χ1n) is 8.84. The molecule has 30 heavy (non-hydrogen) atoms. The topological polar surface area (TPSA) is 76.9 Å². The third-order valence-corrected chi connectivity index (χ3v) is 5.33. The standard InChI is InChI=1S/C21H14ClFN4O2S/c22-13-9-10-18(24-11-13)26-19(28)12-30-21-25-16-7-3-1-5-14(16)20(29)27(21)17-8-4-2-6-15(17)23/h1-11H,12H2,(H,24,26,28). The molecule has 0 fully saturated rings. The number of carbonyl (C=O) groups is 1. The molecule has 0 saturated carbocycles. The van der Waals surface area contributed by atoms with Gasteiger partial charge in [-0.05, 0) is 36.4 Å². The van der Waals surface area contributed by atoms with Crippen molar-refractivity contribution in [2.24, 2.45) is 0 Å². The normalized spacial score (nSPS) is 10.9. The van der Waals surface area contributed by atoms with Crippen LogP contribution in [-0.2, 0) is 4.79 Å². The Hall–Kier alpha value is -3.23. The van der Waals surface area contributed by atoms with Gasteiger partial charge in [0.05, 0.1) is 27.4 Å². The predicted octanol–water partition coefficient (Wildman–Crippen LogP) is 4.30. The fraction of sp³-hybridized carbons (Fsp3) is 0.0476. The molecular weight excluding hydrogens is 427 g/mol. The summed E-state index contributed by atoms with van der Waals surface area (Å²) in [7, 11) is 0. The second-order valence-corrected chi connectivity index (χ2v) is 7.58. The Bertz CT molecular complexity index is 1290. The molecule has 0 unspecified atom stereocenters. The van der Waals surface area contributed by atoms with Gasteiger partial charge in [0, 0.05) is 6.20 Å². The summed E-state index contributed by atoms with van der Waals surface area (Å²) in [5, 5.41) is 3.67. The molecule has 2 aromatic heterocycles. The lowest BCUT2D eigenvalue weighted by Crippen LogP contribution is -2.23. The van der Waals surface area contributed by atoms with E-state index in [9.17, 15) is 14.0 Å².